The maximum absolute atomic E-state index is 9.21. The predicted molar refractivity (Wildman–Crippen MR) is 95.4 cm³/mol. The molecule has 0 unspecified atom stereocenters. The topological polar surface area (TPSA) is 51.2 Å². The largest absolute Gasteiger partial charge is 0.457 e. The monoisotopic (exact) mass is 320 g/mol. The quantitative estimate of drug-likeness (QED) is 0.785. The number of aliphatic hydroxyl groups excluding tert-OH is 1. The number of allylic oxidation sites excluding steroid dienone is 2. The zero-order valence-electron chi connectivity index (χ0n) is 13.6. The molecule has 0 fully saturated rings. The summed E-state index contributed by atoms with van der Waals surface area (Å²) in [5.74, 6) is 1.15. The van der Waals surface area contributed by atoms with Gasteiger partial charge in [0.2, 0.25) is 0 Å². The zero-order valence-corrected chi connectivity index (χ0v) is 13.6. The molecule has 0 amide bonds. The fourth-order valence-corrected chi connectivity index (χ4v) is 2.54. The Labute approximate surface area is 140 Å². The van der Waals surface area contributed by atoms with Gasteiger partial charge in [0.05, 0.1) is 11.9 Å². The fraction of sp³-hybridized carbons (Fsp3) is 0.150. The summed E-state index contributed by atoms with van der Waals surface area (Å²) in [5, 5.41) is 15.6. The van der Waals surface area contributed by atoms with E-state index >= 15 is 0 Å². The Morgan fingerprint density at radius 1 is 1.21 bits per heavy atom. The molecule has 0 saturated carbocycles. The Bertz CT molecular complexity index is 949. The molecule has 4 heteroatoms. The van der Waals surface area contributed by atoms with Crippen molar-refractivity contribution in [3.63, 3.8) is 0 Å². The average molecular weight is 320 g/mol. The van der Waals surface area contributed by atoms with E-state index in [2.05, 4.69) is 23.8 Å². The molecule has 1 N–H and O–H groups in total. The smallest absolute Gasteiger partial charge is 0.155 e. The minimum atomic E-state index is -0.129. The lowest BCUT2D eigenvalue weighted by atomic mass is 10.2. The summed E-state index contributed by atoms with van der Waals surface area (Å²) in [5.41, 5.74) is 1.89. The third-order valence-electron chi connectivity index (χ3n) is 3.78. The number of hydrogen-bond acceptors (Lipinski definition) is 3. The average Bonchev–Trinajstić information content (AvgIpc) is 3.20. The van der Waals surface area contributed by atoms with E-state index in [4.69, 9.17) is 4.42 Å². The van der Waals surface area contributed by atoms with E-state index < -0.39 is 0 Å². The van der Waals surface area contributed by atoms with Crippen LogP contribution in [-0.2, 0) is 13.2 Å². The molecule has 0 bridgehead atoms. The summed E-state index contributed by atoms with van der Waals surface area (Å²) in [4.78, 5) is 0. The number of aliphatic hydroxyl groups is 1. The van der Waals surface area contributed by atoms with Crippen molar-refractivity contribution < 1.29 is 9.52 Å². The molecule has 0 atom stereocenters. The maximum Gasteiger partial charge on any atom is 0.155 e. The van der Waals surface area contributed by atoms with Gasteiger partial charge in [0.15, 0.2) is 5.76 Å². The van der Waals surface area contributed by atoms with Crippen molar-refractivity contribution >= 4 is 12.7 Å². The van der Waals surface area contributed by atoms with Gasteiger partial charge in [0.1, 0.15) is 18.1 Å². The first kappa shape index (κ1) is 16.0. The lowest BCUT2D eigenvalue weighted by Gasteiger charge is -2.01. The minimum Gasteiger partial charge on any atom is -0.457 e. The van der Waals surface area contributed by atoms with Crippen molar-refractivity contribution in [3.05, 3.63) is 76.5 Å². The second-order valence-corrected chi connectivity index (χ2v) is 5.47. The van der Waals surface area contributed by atoms with Gasteiger partial charge in [-0.25, -0.2) is 0 Å². The molecule has 2 aromatic heterocycles. The Morgan fingerprint density at radius 3 is 2.67 bits per heavy atom. The highest BCUT2D eigenvalue weighted by Gasteiger charge is 2.12. The molecule has 0 aliphatic heterocycles. The molecule has 0 aliphatic carbocycles. The number of nitrogens with zero attached hydrogens (tertiary/aromatic N) is 2. The Hall–Kier alpha value is -2.85. The molecule has 4 nitrogen and oxygen atoms in total. The van der Waals surface area contributed by atoms with Crippen molar-refractivity contribution in [2.24, 2.45) is 0 Å². The molecule has 1 aromatic carbocycles. The van der Waals surface area contributed by atoms with Crippen molar-refractivity contribution in [2.45, 2.75) is 20.1 Å². The van der Waals surface area contributed by atoms with Crippen LogP contribution in [0.4, 0.5) is 0 Å². The third kappa shape index (κ3) is 3.24. The number of benzene rings is 1. The number of rotatable bonds is 5. The molecule has 24 heavy (non-hydrogen) atoms. The van der Waals surface area contributed by atoms with E-state index in [0.717, 1.165) is 21.8 Å². The van der Waals surface area contributed by atoms with Gasteiger partial charge in [-0.15, -0.1) is 0 Å². The van der Waals surface area contributed by atoms with Gasteiger partial charge >= 0.3 is 0 Å². The SMILES string of the molecule is C=c1/c(=C\C=C/C)c(-c2ccc(CO)o2)nn1Cc1ccccc1. The molecule has 3 rings (SSSR count). The predicted octanol–water partition coefficient (Wildman–Crippen LogP) is 2.45. The van der Waals surface area contributed by atoms with Gasteiger partial charge in [-0.1, -0.05) is 55.1 Å². The lowest BCUT2D eigenvalue weighted by molar-refractivity contribution is 0.248. The number of furan rings is 1. The van der Waals surface area contributed by atoms with E-state index in [1.54, 1.807) is 6.07 Å². The summed E-state index contributed by atoms with van der Waals surface area (Å²) >= 11 is 0. The van der Waals surface area contributed by atoms with Crippen LogP contribution >= 0.6 is 0 Å². The molecule has 0 saturated heterocycles. The highest BCUT2D eigenvalue weighted by atomic mass is 16.4. The lowest BCUT2D eigenvalue weighted by Crippen LogP contribution is -2.28. The molecule has 3 aromatic rings. The van der Waals surface area contributed by atoms with Crippen LogP contribution in [0.2, 0.25) is 0 Å². The van der Waals surface area contributed by atoms with Crippen LogP contribution in [0.5, 0.6) is 0 Å². The van der Waals surface area contributed by atoms with Crippen LogP contribution < -0.4 is 10.6 Å². The summed E-state index contributed by atoms with van der Waals surface area (Å²) < 4.78 is 7.54. The van der Waals surface area contributed by atoms with E-state index in [9.17, 15) is 5.11 Å². The Kier molecular flexibility index (Phi) is 4.77. The molecule has 2 heterocycles. The van der Waals surface area contributed by atoms with Crippen LogP contribution in [0.15, 0.2) is 59.0 Å². The minimum absolute atomic E-state index is 0.129. The van der Waals surface area contributed by atoms with Gasteiger partial charge < -0.3 is 9.52 Å². The normalized spacial score (nSPS) is 12.3. The summed E-state index contributed by atoms with van der Waals surface area (Å²) in [6.07, 6.45) is 5.89. The molecule has 0 spiro atoms. The van der Waals surface area contributed by atoms with Crippen LogP contribution in [-0.4, -0.2) is 14.9 Å². The van der Waals surface area contributed by atoms with Crippen LogP contribution in [0, 0.1) is 0 Å². The molecule has 0 aliphatic rings. The molecular formula is C20H20N2O2. The molecule has 122 valence electrons. The first-order valence-electron chi connectivity index (χ1n) is 7.85. The molecular weight excluding hydrogens is 300 g/mol. The molecule has 0 radical (unpaired) electrons. The van der Waals surface area contributed by atoms with Crippen molar-refractivity contribution in [3.8, 4) is 11.5 Å². The van der Waals surface area contributed by atoms with Gasteiger partial charge in [-0.2, -0.15) is 5.10 Å². The highest BCUT2D eigenvalue weighted by Crippen LogP contribution is 2.17. The van der Waals surface area contributed by atoms with Crippen molar-refractivity contribution in [1.82, 2.24) is 9.78 Å². The van der Waals surface area contributed by atoms with E-state index in [1.165, 1.54) is 0 Å². The van der Waals surface area contributed by atoms with Crippen molar-refractivity contribution in [2.75, 3.05) is 0 Å². The second kappa shape index (κ2) is 7.15. The zero-order chi connectivity index (χ0) is 16.9. The van der Waals surface area contributed by atoms with Crippen LogP contribution in [0.25, 0.3) is 24.1 Å². The summed E-state index contributed by atoms with van der Waals surface area (Å²) in [6, 6.07) is 13.7. The maximum atomic E-state index is 9.21. The van der Waals surface area contributed by atoms with E-state index in [-0.39, 0.29) is 6.61 Å². The standard InChI is InChI=1S/C20H20N2O2/c1-3-4-10-18-15(2)22(13-16-8-6-5-7-9-16)21-20(18)19-12-11-17(14-23)24-19/h3-12,23H,2,13-14H2,1H3/b4-3-,18-10+. The number of aromatic nitrogens is 2. The Morgan fingerprint density at radius 2 is 2.00 bits per heavy atom. The summed E-state index contributed by atoms with van der Waals surface area (Å²) in [7, 11) is 0. The fourth-order valence-electron chi connectivity index (χ4n) is 2.54. The third-order valence-corrected chi connectivity index (χ3v) is 3.78. The second-order valence-electron chi connectivity index (χ2n) is 5.47. The van der Waals surface area contributed by atoms with Gasteiger partial charge in [0, 0.05) is 5.22 Å². The summed E-state index contributed by atoms with van der Waals surface area (Å²) in [6.45, 7) is 6.66. The Balaban J connectivity index is 2.10. The number of hydrogen-bond donors (Lipinski definition) is 1. The van der Waals surface area contributed by atoms with Crippen LogP contribution in [0.3, 0.4) is 0 Å². The van der Waals surface area contributed by atoms with Crippen molar-refractivity contribution in [1.29, 1.82) is 0 Å². The van der Waals surface area contributed by atoms with Gasteiger partial charge in [-0.3, -0.25) is 4.68 Å². The first-order valence-corrected chi connectivity index (χ1v) is 7.85. The van der Waals surface area contributed by atoms with Crippen LogP contribution in [0.1, 0.15) is 18.2 Å². The van der Waals surface area contributed by atoms with E-state index in [0.29, 0.717) is 18.1 Å². The first-order chi connectivity index (χ1) is 11.7. The highest BCUT2D eigenvalue weighted by molar-refractivity contribution is 5.57. The van der Waals surface area contributed by atoms with Gasteiger partial charge in [-0.05, 0) is 24.6 Å². The van der Waals surface area contributed by atoms with E-state index in [1.807, 2.05) is 54.1 Å². The van der Waals surface area contributed by atoms with Gasteiger partial charge in [0.25, 0.3) is 0 Å².